The maximum absolute atomic E-state index is 13.1. The van der Waals surface area contributed by atoms with Crippen molar-refractivity contribution in [3.8, 4) is 0 Å². The van der Waals surface area contributed by atoms with E-state index in [1.165, 1.54) is 23.1 Å². The molecule has 0 aliphatic carbocycles. The van der Waals surface area contributed by atoms with Crippen molar-refractivity contribution in [3.05, 3.63) is 29.0 Å². The minimum absolute atomic E-state index is 0.0916. The Morgan fingerprint density at radius 1 is 1.35 bits per heavy atom. The molecule has 1 aromatic rings. The molecule has 6 heteroatoms. The molecule has 17 heavy (non-hydrogen) atoms. The number of carbonyl (C=O) groups excluding carboxylic acids is 2. The molecule has 0 saturated carbocycles. The number of nitrogens with zero attached hydrogens (tertiary/aromatic N) is 1. The van der Waals surface area contributed by atoms with Crippen molar-refractivity contribution in [1.82, 2.24) is 5.32 Å². The summed E-state index contributed by atoms with van der Waals surface area (Å²) in [6.07, 6.45) is 0.179. The van der Waals surface area contributed by atoms with Crippen LogP contribution >= 0.6 is 11.6 Å². The third-order valence-electron chi connectivity index (χ3n) is 2.50. The molecule has 1 N–H and O–H groups in total. The van der Waals surface area contributed by atoms with Gasteiger partial charge < -0.3 is 10.2 Å². The maximum Gasteiger partial charge on any atom is 0.246 e. The molecule has 1 aliphatic rings. The second-order valence-electron chi connectivity index (χ2n) is 3.67. The topological polar surface area (TPSA) is 49.4 Å². The van der Waals surface area contributed by atoms with Gasteiger partial charge in [0.2, 0.25) is 11.8 Å². The SMILES string of the molecule is O=C1CCN(c2cc(F)ccc2Cl)C(=O)CN1. The molecule has 1 fully saturated rings. The molecular formula is C11H10ClFN2O2. The summed E-state index contributed by atoms with van der Waals surface area (Å²) in [4.78, 5) is 24.2. The van der Waals surface area contributed by atoms with Crippen LogP contribution in [0.2, 0.25) is 5.02 Å². The van der Waals surface area contributed by atoms with Crippen molar-refractivity contribution in [2.24, 2.45) is 0 Å². The first-order chi connectivity index (χ1) is 8.08. The summed E-state index contributed by atoms with van der Waals surface area (Å²) in [5.74, 6) is -0.975. The summed E-state index contributed by atoms with van der Waals surface area (Å²) in [5, 5.41) is 2.75. The molecule has 1 aliphatic heterocycles. The van der Waals surface area contributed by atoms with Crippen LogP contribution in [0.15, 0.2) is 18.2 Å². The van der Waals surface area contributed by atoms with E-state index in [-0.39, 0.29) is 36.3 Å². The minimum Gasteiger partial charge on any atom is -0.347 e. The van der Waals surface area contributed by atoms with Crippen LogP contribution < -0.4 is 10.2 Å². The van der Waals surface area contributed by atoms with Crippen LogP contribution in [0.3, 0.4) is 0 Å². The van der Waals surface area contributed by atoms with E-state index in [4.69, 9.17) is 11.6 Å². The molecule has 0 radical (unpaired) electrons. The van der Waals surface area contributed by atoms with Gasteiger partial charge in [-0.3, -0.25) is 9.59 Å². The molecule has 1 heterocycles. The van der Waals surface area contributed by atoms with E-state index in [1.807, 2.05) is 0 Å². The van der Waals surface area contributed by atoms with E-state index in [9.17, 15) is 14.0 Å². The van der Waals surface area contributed by atoms with Gasteiger partial charge in [-0.05, 0) is 18.2 Å². The summed E-state index contributed by atoms with van der Waals surface area (Å²) in [7, 11) is 0. The van der Waals surface area contributed by atoms with E-state index >= 15 is 0 Å². The third-order valence-corrected chi connectivity index (χ3v) is 2.82. The van der Waals surface area contributed by atoms with Crippen molar-refractivity contribution in [2.45, 2.75) is 6.42 Å². The normalized spacial score (nSPS) is 16.7. The Morgan fingerprint density at radius 3 is 2.88 bits per heavy atom. The molecule has 0 spiro atoms. The van der Waals surface area contributed by atoms with Crippen LogP contribution in [0.25, 0.3) is 0 Å². The van der Waals surface area contributed by atoms with Gasteiger partial charge in [-0.15, -0.1) is 0 Å². The van der Waals surface area contributed by atoms with Crippen molar-refractivity contribution in [3.63, 3.8) is 0 Å². The van der Waals surface area contributed by atoms with Gasteiger partial charge in [-0.2, -0.15) is 0 Å². The van der Waals surface area contributed by atoms with Crippen LogP contribution in [0, 0.1) is 5.82 Å². The molecule has 0 unspecified atom stereocenters. The van der Waals surface area contributed by atoms with Gasteiger partial charge in [0.1, 0.15) is 5.82 Å². The van der Waals surface area contributed by atoms with Crippen LogP contribution in [-0.4, -0.2) is 24.9 Å². The van der Waals surface area contributed by atoms with Crippen LogP contribution in [0.1, 0.15) is 6.42 Å². The zero-order valence-corrected chi connectivity index (χ0v) is 9.63. The highest BCUT2D eigenvalue weighted by Gasteiger charge is 2.23. The zero-order chi connectivity index (χ0) is 12.4. The van der Waals surface area contributed by atoms with Crippen molar-refractivity contribution in [2.75, 3.05) is 18.0 Å². The summed E-state index contributed by atoms with van der Waals surface area (Å²) >= 11 is 5.92. The van der Waals surface area contributed by atoms with Crippen LogP contribution in [0.5, 0.6) is 0 Å². The lowest BCUT2D eigenvalue weighted by molar-refractivity contribution is -0.123. The first-order valence-electron chi connectivity index (χ1n) is 5.10. The predicted molar refractivity (Wildman–Crippen MR) is 61.4 cm³/mol. The summed E-state index contributed by atoms with van der Waals surface area (Å²) in [6.45, 7) is 0.111. The average Bonchev–Trinajstić information content (AvgIpc) is 2.46. The van der Waals surface area contributed by atoms with Gasteiger partial charge in [0.15, 0.2) is 0 Å². The van der Waals surface area contributed by atoms with E-state index in [1.54, 1.807) is 0 Å². The predicted octanol–water partition coefficient (Wildman–Crippen LogP) is 1.33. The van der Waals surface area contributed by atoms with Gasteiger partial charge in [-0.1, -0.05) is 11.6 Å². The molecular weight excluding hydrogens is 247 g/mol. The first-order valence-corrected chi connectivity index (χ1v) is 5.48. The molecule has 0 aromatic heterocycles. The first kappa shape index (κ1) is 11.9. The Kier molecular flexibility index (Phi) is 3.28. The largest absolute Gasteiger partial charge is 0.347 e. The van der Waals surface area contributed by atoms with E-state index < -0.39 is 5.82 Å². The van der Waals surface area contributed by atoms with Gasteiger partial charge >= 0.3 is 0 Å². The van der Waals surface area contributed by atoms with E-state index in [0.717, 1.165) is 0 Å². The fraction of sp³-hybridized carbons (Fsp3) is 0.273. The van der Waals surface area contributed by atoms with Crippen LogP contribution in [0.4, 0.5) is 10.1 Å². The molecule has 2 rings (SSSR count). The van der Waals surface area contributed by atoms with Gasteiger partial charge in [0, 0.05) is 13.0 Å². The van der Waals surface area contributed by atoms with E-state index in [0.29, 0.717) is 5.69 Å². The van der Waals surface area contributed by atoms with E-state index in [2.05, 4.69) is 5.32 Å². The second kappa shape index (κ2) is 4.71. The molecule has 4 nitrogen and oxygen atoms in total. The molecule has 90 valence electrons. The van der Waals surface area contributed by atoms with Crippen molar-refractivity contribution in [1.29, 1.82) is 0 Å². The molecule has 1 aromatic carbocycles. The molecule has 0 bridgehead atoms. The number of carbonyl (C=O) groups is 2. The van der Waals surface area contributed by atoms with Crippen molar-refractivity contribution < 1.29 is 14.0 Å². The number of anilines is 1. The quantitative estimate of drug-likeness (QED) is 0.824. The zero-order valence-electron chi connectivity index (χ0n) is 8.87. The number of halogens is 2. The fourth-order valence-electron chi connectivity index (χ4n) is 1.64. The Labute approximate surface area is 102 Å². The van der Waals surface area contributed by atoms with Gasteiger partial charge in [0.05, 0.1) is 17.3 Å². The van der Waals surface area contributed by atoms with Gasteiger partial charge in [0.25, 0.3) is 0 Å². The lowest BCUT2D eigenvalue weighted by Crippen LogP contribution is -2.35. The van der Waals surface area contributed by atoms with Gasteiger partial charge in [-0.25, -0.2) is 4.39 Å². The second-order valence-corrected chi connectivity index (χ2v) is 4.08. The summed E-state index contributed by atoms with van der Waals surface area (Å²) in [6, 6.07) is 3.80. The standard InChI is InChI=1S/C11H10ClFN2O2/c12-8-2-1-7(13)5-9(8)15-4-3-10(16)14-6-11(15)17/h1-2,5H,3-4,6H2,(H,14,16). The Morgan fingerprint density at radius 2 is 2.12 bits per heavy atom. The number of hydrogen-bond donors (Lipinski definition) is 1. The highest BCUT2D eigenvalue weighted by Crippen LogP contribution is 2.27. The monoisotopic (exact) mass is 256 g/mol. The Balaban J connectivity index is 2.34. The average molecular weight is 257 g/mol. The minimum atomic E-state index is -0.472. The van der Waals surface area contributed by atoms with Crippen molar-refractivity contribution >= 4 is 29.1 Å². The number of amides is 2. The molecule has 2 amide bonds. The summed E-state index contributed by atoms with van der Waals surface area (Å²) in [5.41, 5.74) is 0.299. The lowest BCUT2D eigenvalue weighted by Gasteiger charge is -2.21. The Bertz CT molecular complexity index is 479. The highest BCUT2D eigenvalue weighted by atomic mass is 35.5. The number of nitrogens with one attached hydrogen (secondary N) is 1. The molecule has 0 atom stereocenters. The smallest absolute Gasteiger partial charge is 0.246 e. The number of benzene rings is 1. The maximum atomic E-state index is 13.1. The van der Waals surface area contributed by atoms with Crippen LogP contribution in [-0.2, 0) is 9.59 Å². The fourth-order valence-corrected chi connectivity index (χ4v) is 1.86. The molecule has 1 saturated heterocycles. The number of rotatable bonds is 1. The highest BCUT2D eigenvalue weighted by molar-refractivity contribution is 6.33. The summed E-state index contributed by atoms with van der Waals surface area (Å²) < 4.78 is 13.1. The lowest BCUT2D eigenvalue weighted by atomic mass is 10.2. The number of hydrogen-bond acceptors (Lipinski definition) is 2. The third kappa shape index (κ3) is 2.55. The Hall–Kier alpha value is -1.62.